The van der Waals surface area contributed by atoms with E-state index in [1.54, 1.807) is 25.1 Å². The predicted molar refractivity (Wildman–Crippen MR) is 115 cm³/mol. The quantitative estimate of drug-likeness (QED) is 0.273. The molecule has 31 heavy (non-hydrogen) atoms. The minimum Gasteiger partial charge on any atom is -0.477 e. The van der Waals surface area contributed by atoms with Crippen LogP contribution >= 0.6 is 11.8 Å². The lowest BCUT2D eigenvalue weighted by atomic mass is 9.83. The van der Waals surface area contributed by atoms with Crippen LogP contribution in [0.2, 0.25) is 0 Å². The zero-order valence-electron chi connectivity index (χ0n) is 17.5. The Morgan fingerprint density at radius 3 is 2.48 bits per heavy atom. The zero-order chi connectivity index (χ0) is 22.7. The number of amides is 2. The van der Waals surface area contributed by atoms with Gasteiger partial charge in [-0.25, -0.2) is 9.59 Å². The molecule has 1 saturated heterocycles. The van der Waals surface area contributed by atoms with Crippen LogP contribution < -0.4 is 5.32 Å². The van der Waals surface area contributed by atoms with Crippen LogP contribution in [0.3, 0.4) is 0 Å². The van der Waals surface area contributed by atoms with Crippen LogP contribution in [-0.4, -0.2) is 59.2 Å². The third-order valence-corrected chi connectivity index (χ3v) is 6.55. The summed E-state index contributed by atoms with van der Waals surface area (Å²) in [5.41, 5.74) is 1.97. The van der Waals surface area contributed by atoms with Crippen LogP contribution in [0.5, 0.6) is 0 Å². The molecule has 9 heteroatoms. The highest BCUT2D eigenvalue weighted by molar-refractivity contribution is 8.03. The highest BCUT2D eigenvalue weighted by atomic mass is 32.2. The van der Waals surface area contributed by atoms with E-state index in [0.29, 0.717) is 34.8 Å². The average molecular weight is 445 g/mol. The van der Waals surface area contributed by atoms with Gasteiger partial charge in [0.05, 0.1) is 18.7 Å². The summed E-state index contributed by atoms with van der Waals surface area (Å²) in [5.74, 6) is -1.74. The highest BCUT2D eigenvalue weighted by Crippen LogP contribution is 2.50. The lowest BCUT2D eigenvalue weighted by Gasteiger charge is -2.41. The fraction of sp³-hybridized carbons (Fsp3) is 0.364. The first-order valence-electron chi connectivity index (χ1n) is 9.81. The minimum atomic E-state index is -1.14. The Morgan fingerprint density at radius 1 is 1.26 bits per heavy atom. The van der Waals surface area contributed by atoms with Gasteiger partial charge in [-0.3, -0.25) is 14.5 Å². The largest absolute Gasteiger partial charge is 0.477 e. The molecule has 2 aliphatic rings. The van der Waals surface area contributed by atoms with Crippen LogP contribution in [0.4, 0.5) is 0 Å². The maximum absolute atomic E-state index is 12.5. The SMILES string of the molecule is CC=C1C(=O)N2C(C(=O)O)=C(SCCNC(C)=O)C(Cc3ccc(C(=O)OC)cc3)C12. The molecule has 164 valence electrons. The van der Waals surface area contributed by atoms with Gasteiger partial charge in [0, 0.05) is 35.6 Å². The Bertz CT molecular complexity index is 982. The summed E-state index contributed by atoms with van der Waals surface area (Å²) >= 11 is 1.35. The monoisotopic (exact) mass is 444 g/mol. The highest BCUT2D eigenvalue weighted by Gasteiger charge is 2.56. The first-order chi connectivity index (χ1) is 14.8. The van der Waals surface area contributed by atoms with Crippen LogP contribution in [0.15, 0.2) is 46.5 Å². The number of benzene rings is 1. The van der Waals surface area contributed by atoms with Gasteiger partial charge < -0.3 is 15.2 Å². The number of fused-ring (bicyclic) bond motifs is 1. The van der Waals surface area contributed by atoms with Crippen LogP contribution in [-0.2, 0) is 25.5 Å². The Hall–Kier alpha value is -3.07. The number of carboxylic acid groups (broad SMARTS) is 1. The van der Waals surface area contributed by atoms with Crippen molar-refractivity contribution in [3.63, 3.8) is 0 Å². The first-order valence-corrected chi connectivity index (χ1v) is 10.8. The number of hydrogen-bond donors (Lipinski definition) is 2. The average Bonchev–Trinajstić information content (AvgIpc) is 3.01. The van der Waals surface area contributed by atoms with E-state index in [1.165, 1.54) is 30.7 Å². The van der Waals surface area contributed by atoms with Gasteiger partial charge in [-0.1, -0.05) is 18.2 Å². The summed E-state index contributed by atoms with van der Waals surface area (Å²) in [6, 6.07) is 6.63. The molecule has 1 aromatic rings. The van der Waals surface area contributed by atoms with Crippen LogP contribution in [0.1, 0.15) is 29.8 Å². The number of allylic oxidation sites excluding steroid dienone is 1. The van der Waals surface area contributed by atoms with Gasteiger partial charge in [0.1, 0.15) is 5.70 Å². The van der Waals surface area contributed by atoms with E-state index in [4.69, 9.17) is 4.74 Å². The standard InChI is InChI=1S/C22H24N2O6S/c1-4-15-17-16(11-13-5-7-14(8-6-13)22(29)30-3)19(31-10-9-23-12(2)25)18(21(27)28)24(17)20(15)26/h4-8,16-17H,9-11H2,1-3H3,(H,23,25)(H,27,28). The number of carbonyl (C=O) groups is 4. The van der Waals surface area contributed by atoms with Gasteiger partial charge in [0.2, 0.25) is 5.91 Å². The molecule has 0 spiro atoms. The molecule has 2 N–H and O–H groups in total. The summed E-state index contributed by atoms with van der Waals surface area (Å²) in [7, 11) is 1.32. The van der Waals surface area contributed by atoms with Crippen molar-refractivity contribution >= 4 is 35.5 Å². The number of thioether (sulfide) groups is 1. The number of rotatable bonds is 8. The van der Waals surface area contributed by atoms with E-state index in [1.807, 2.05) is 12.1 Å². The molecule has 2 heterocycles. The predicted octanol–water partition coefficient (Wildman–Crippen LogP) is 1.97. The van der Waals surface area contributed by atoms with Crippen molar-refractivity contribution in [1.29, 1.82) is 0 Å². The minimum absolute atomic E-state index is 0.0182. The van der Waals surface area contributed by atoms with E-state index in [-0.39, 0.29) is 29.5 Å². The number of ether oxygens (including phenoxy) is 1. The number of hydrogen-bond acceptors (Lipinski definition) is 6. The maximum Gasteiger partial charge on any atom is 0.353 e. The van der Waals surface area contributed by atoms with E-state index in [0.717, 1.165) is 5.56 Å². The number of aliphatic carboxylic acids is 1. The van der Waals surface area contributed by atoms with Gasteiger partial charge in [-0.05, 0) is 31.0 Å². The summed E-state index contributed by atoms with van der Waals surface area (Å²) in [4.78, 5) is 49.4. The number of nitrogens with one attached hydrogen (secondary N) is 1. The van der Waals surface area contributed by atoms with Crippen molar-refractivity contribution in [2.45, 2.75) is 26.3 Å². The summed E-state index contributed by atoms with van der Waals surface area (Å²) in [6.07, 6.45) is 2.24. The van der Waals surface area contributed by atoms with Gasteiger partial charge in [-0.15, -0.1) is 11.8 Å². The van der Waals surface area contributed by atoms with E-state index in [2.05, 4.69) is 5.32 Å². The normalized spacial score (nSPS) is 21.1. The summed E-state index contributed by atoms with van der Waals surface area (Å²) in [6.45, 7) is 3.59. The van der Waals surface area contributed by atoms with Crippen LogP contribution in [0.25, 0.3) is 0 Å². The third-order valence-electron chi connectivity index (χ3n) is 5.33. The molecule has 0 bridgehead atoms. The molecule has 1 aromatic carbocycles. The lowest BCUT2D eigenvalue weighted by Crippen LogP contribution is -2.55. The van der Waals surface area contributed by atoms with E-state index in [9.17, 15) is 24.3 Å². The number of methoxy groups -OCH3 is 1. The van der Waals surface area contributed by atoms with Crippen molar-refractivity contribution in [2.75, 3.05) is 19.4 Å². The number of esters is 1. The Kier molecular flexibility index (Phi) is 6.84. The molecule has 0 saturated carbocycles. The lowest BCUT2D eigenvalue weighted by molar-refractivity contribution is -0.142. The Labute approximate surface area is 184 Å². The molecule has 1 fully saturated rings. The Morgan fingerprint density at radius 2 is 1.94 bits per heavy atom. The van der Waals surface area contributed by atoms with E-state index >= 15 is 0 Å². The van der Waals surface area contributed by atoms with Crippen molar-refractivity contribution in [3.05, 3.63) is 57.6 Å². The summed E-state index contributed by atoms with van der Waals surface area (Å²) < 4.78 is 4.72. The summed E-state index contributed by atoms with van der Waals surface area (Å²) in [5, 5.41) is 12.5. The molecule has 8 nitrogen and oxygen atoms in total. The molecule has 0 aromatic heterocycles. The molecule has 0 radical (unpaired) electrons. The number of carbonyl (C=O) groups excluding carboxylic acids is 3. The maximum atomic E-state index is 12.5. The molecule has 2 unspecified atom stereocenters. The molecule has 0 aliphatic carbocycles. The molecular weight excluding hydrogens is 420 g/mol. The number of carboxylic acids is 1. The van der Waals surface area contributed by atoms with Crippen molar-refractivity contribution in [3.8, 4) is 0 Å². The second-order valence-electron chi connectivity index (χ2n) is 7.21. The van der Waals surface area contributed by atoms with Crippen molar-refractivity contribution in [1.82, 2.24) is 10.2 Å². The number of β-lactam (4-membered cyclic amide) rings is 1. The Balaban J connectivity index is 1.89. The van der Waals surface area contributed by atoms with E-state index < -0.39 is 11.9 Å². The molecule has 2 aliphatic heterocycles. The fourth-order valence-corrected chi connectivity index (χ4v) is 5.13. The van der Waals surface area contributed by atoms with Gasteiger partial charge in [-0.2, -0.15) is 0 Å². The second kappa shape index (κ2) is 9.38. The third kappa shape index (κ3) is 4.36. The fourth-order valence-electron chi connectivity index (χ4n) is 3.96. The molecule has 2 atom stereocenters. The molecular formula is C22H24N2O6S. The molecule has 3 rings (SSSR count). The molecule has 2 amide bonds. The zero-order valence-corrected chi connectivity index (χ0v) is 18.3. The van der Waals surface area contributed by atoms with Crippen molar-refractivity contribution < 1.29 is 29.0 Å². The van der Waals surface area contributed by atoms with Gasteiger partial charge >= 0.3 is 11.9 Å². The van der Waals surface area contributed by atoms with Gasteiger partial charge in [0.15, 0.2) is 0 Å². The number of nitrogens with zero attached hydrogens (tertiary/aromatic N) is 1. The van der Waals surface area contributed by atoms with Gasteiger partial charge in [0.25, 0.3) is 5.91 Å². The first kappa shape index (κ1) is 22.6. The topological polar surface area (TPSA) is 113 Å². The smallest absolute Gasteiger partial charge is 0.353 e. The van der Waals surface area contributed by atoms with Crippen molar-refractivity contribution in [2.24, 2.45) is 5.92 Å². The van der Waals surface area contributed by atoms with Crippen LogP contribution in [0, 0.1) is 5.92 Å². The second-order valence-corrected chi connectivity index (χ2v) is 8.35.